The topological polar surface area (TPSA) is 105 Å². The summed E-state index contributed by atoms with van der Waals surface area (Å²) in [7, 11) is 0. The molecule has 0 fully saturated rings. The van der Waals surface area contributed by atoms with Crippen molar-refractivity contribution in [2.75, 3.05) is 5.43 Å². The molecule has 4 rings (SSSR count). The smallest absolute Gasteiger partial charge is 0.269 e. The van der Waals surface area contributed by atoms with E-state index in [4.69, 9.17) is 4.74 Å². The third-order valence-electron chi connectivity index (χ3n) is 4.18. The van der Waals surface area contributed by atoms with Crippen molar-refractivity contribution in [2.24, 2.45) is 5.10 Å². The van der Waals surface area contributed by atoms with E-state index in [1.165, 1.54) is 12.1 Å². The summed E-state index contributed by atoms with van der Waals surface area (Å²) in [6.45, 7) is 0.315. The Kier molecular flexibility index (Phi) is 6.61. The lowest BCUT2D eigenvalue weighted by molar-refractivity contribution is -0.384. The fraction of sp³-hybridized carbons (Fsp3) is 0.0476. The second kappa shape index (κ2) is 9.53. The summed E-state index contributed by atoms with van der Waals surface area (Å²) in [6.07, 6.45) is 1.67. The van der Waals surface area contributed by atoms with E-state index in [9.17, 15) is 10.1 Å². The van der Waals surface area contributed by atoms with Gasteiger partial charge in [-0.3, -0.25) is 10.1 Å². The van der Waals surface area contributed by atoms with Crippen molar-refractivity contribution < 1.29 is 9.66 Å². The summed E-state index contributed by atoms with van der Waals surface area (Å²) < 4.78 is 5.77. The molecule has 0 spiro atoms. The van der Waals surface area contributed by atoms with E-state index in [1.54, 1.807) is 18.3 Å². The van der Waals surface area contributed by atoms with Crippen molar-refractivity contribution in [3.05, 3.63) is 94.0 Å². The van der Waals surface area contributed by atoms with E-state index in [2.05, 4.69) is 20.5 Å². The summed E-state index contributed by atoms with van der Waals surface area (Å²) in [4.78, 5) is 17.8. The number of nitro benzene ring substituents is 1. The fourth-order valence-corrected chi connectivity index (χ4v) is 2.74. The molecule has 0 unspecified atom stereocenters. The Labute approximate surface area is 178 Å². The Bertz CT molecular complexity index is 1140. The highest BCUT2D eigenvalue weighted by atomic mass is 35.5. The van der Waals surface area contributed by atoms with E-state index in [0.29, 0.717) is 18.3 Å². The molecule has 30 heavy (non-hydrogen) atoms. The van der Waals surface area contributed by atoms with Crippen molar-refractivity contribution in [1.82, 2.24) is 9.97 Å². The molecule has 0 saturated heterocycles. The number of H-pyrrole nitrogens is 1. The van der Waals surface area contributed by atoms with Crippen LogP contribution in [0.2, 0.25) is 0 Å². The average molecular weight is 424 g/mol. The van der Waals surface area contributed by atoms with Gasteiger partial charge < -0.3 is 9.72 Å². The van der Waals surface area contributed by atoms with Gasteiger partial charge in [-0.2, -0.15) is 5.10 Å². The first-order valence-corrected chi connectivity index (χ1v) is 8.87. The number of ether oxygens (including phenoxy) is 1. The first-order chi connectivity index (χ1) is 14.2. The van der Waals surface area contributed by atoms with E-state index in [1.807, 2.05) is 48.5 Å². The maximum atomic E-state index is 10.7. The fourth-order valence-electron chi connectivity index (χ4n) is 2.74. The number of para-hydroxylation sites is 2. The number of halogens is 1. The molecule has 0 atom stereocenters. The molecule has 0 aliphatic rings. The lowest BCUT2D eigenvalue weighted by Crippen LogP contribution is -1.97. The molecule has 9 heteroatoms. The number of nitrogens with one attached hydrogen (secondary N) is 2. The number of aromatic amines is 1. The van der Waals surface area contributed by atoms with Crippen LogP contribution in [0.1, 0.15) is 11.1 Å². The van der Waals surface area contributed by atoms with Crippen molar-refractivity contribution in [3.8, 4) is 5.75 Å². The Morgan fingerprint density at radius 2 is 1.90 bits per heavy atom. The van der Waals surface area contributed by atoms with Crippen LogP contribution in [0, 0.1) is 10.1 Å². The largest absolute Gasteiger partial charge is 0.489 e. The van der Waals surface area contributed by atoms with Crippen molar-refractivity contribution in [2.45, 2.75) is 6.61 Å². The first kappa shape index (κ1) is 20.8. The molecular weight excluding hydrogens is 406 g/mol. The van der Waals surface area contributed by atoms with Crippen LogP contribution in [-0.2, 0) is 6.61 Å². The maximum absolute atomic E-state index is 10.7. The third kappa shape index (κ3) is 5.12. The number of rotatable bonds is 7. The van der Waals surface area contributed by atoms with Gasteiger partial charge in [0.1, 0.15) is 12.4 Å². The molecule has 0 bridgehead atoms. The van der Waals surface area contributed by atoms with E-state index >= 15 is 0 Å². The summed E-state index contributed by atoms with van der Waals surface area (Å²) >= 11 is 0. The van der Waals surface area contributed by atoms with Gasteiger partial charge in [0.2, 0.25) is 5.95 Å². The number of hydrogen-bond acceptors (Lipinski definition) is 6. The third-order valence-corrected chi connectivity index (χ3v) is 4.18. The number of imidazole rings is 1. The zero-order valence-corrected chi connectivity index (χ0v) is 16.5. The molecule has 0 aliphatic heterocycles. The molecule has 2 N–H and O–H groups in total. The lowest BCUT2D eigenvalue weighted by atomic mass is 10.2. The second-order valence-corrected chi connectivity index (χ2v) is 6.26. The molecule has 0 saturated carbocycles. The number of fused-ring (bicyclic) bond motifs is 1. The van der Waals surface area contributed by atoms with Crippen LogP contribution in [0.25, 0.3) is 11.0 Å². The Hall–Kier alpha value is -3.91. The lowest BCUT2D eigenvalue weighted by Gasteiger charge is -2.07. The van der Waals surface area contributed by atoms with Crippen LogP contribution >= 0.6 is 12.4 Å². The van der Waals surface area contributed by atoms with Crippen LogP contribution in [0.15, 0.2) is 77.9 Å². The molecule has 0 aliphatic carbocycles. The maximum Gasteiger partial charge on any atom is 0.269 e. The molecule has 1 aromatic heterocycles. The molecule has 4 aromatic rings. The van der Waals surface area contributed by atoms with Gasteiger partial charge in [0, 0.05) is 12.1 Å². The minimum atomic E-state index is -0.424. The minimum Gasteiger partial charge on any atom is -0.489 e. The number of benzene rings is 3. The number of nitro groups is 1. The molecule has 152 valence electrons. The molecule has 1 heterocycles. The molecule has 0 amide bonds. The normalized spacial score (nSPS) is 10.7. The van der Waals surface area contributed by atoms with Crippen LogP contribution in [0.4, 0.5) is 11.6 Å². The molecule has 0 radical (unpaired) electrons. The standard InChI is InChI=1S/C21H17N5O3.ClH/c27-26(28)17-10-8-15(9-11-17)14-29-18-5-3-4-16(12-18)13-22-25-21-23-19-6-1-2-7-20(19)24-21;/h1-13H,14H2,(H2,23,24,25);1H/b22-13+;. The number of anilines is 1. The predicted molar refractivity (Wildman–Crippen MR) is 118 cm³/mol. The van der Waals surface area contributed by atoms with Crippen molar-refractivity contribution >= 4 is 41.3 Å². The second-order valence-electron chi connectivity index (χ2n) is 6.26. The molecule has 3 aromatic carbocycles. The first-order valence-electron chi connectivity index (χ1n) is 8.87. The quantitative estimate of drug-likeness (QED) is 0.249. The number of hydrogen-bond donors (Lipinski definition) is 2. The monoisotopic (exact) mass is 423 g/mol. The van der Waals surface area contributed by atoms with Gasteiger partial charge in [-0.1, -0.05) is 24.3 Å². The molecular formula is C21H18ClN5O3. The number of non-ortho nitro benzene ring substituents is 1. The summed E-state index contributed by atoms with van der Waals surface area (Å²) in [5.74, 6) is 1.24. The van der Waals surface area contributed by atoms with Gasteiger partial charge in [-0.15, -0.1) is 12.4 Å². The zero-order valence-electron chi connectivity index (χ0n) is 15.7. The highest BCUT2D eigenvalue weighted by Crippen LogP contribution is 2.17. The van der Waals surface area contributed by atoms with E-state index in [0.717, 1.165) is 22.2 Å². The SMILES string of the molecule is Cl.O=[N+]([O-])c1ccc(COc2cccc(/C=N/Nc3nc4ccccc4[nH]3)c2)cc1. The van der Waals surface area contributed by atoms with E-state index in [-0.39, 0.29) is 18.1 Å². The summed E-state index contributed by atoms with van der Waals surface area (Å²) in [6, 6.07) is 21.5. The van der Waals surface area contributed by atoms with Gasteiger partial charge in [0.05, 0.1) is 22.2 Å². The summed E-state index contributed by atoms with van der Waals surface area (Å²) in [5, 5.41) is 14.9. The summed E-state index contributed by atoms with van der Waals surface area (Å²) in [5.41, 5.74) is 6.45. The van der Waals surface area contributed by atoms with Crippen LogP contribution < -0.4 is 10.2 Å². The van der Waals surface area contributed by atoms with Crippen molar-refractivity contribution in [3.63, 3.8) is 0 Å². The molecule has 8 nitrogen and oxygen atoms in total. The highest BCUT2D eigenvalue weighted by molar-refractivity contribution is 5.85. The van der Waals surface area contributed by atoms with Gasteiger partial charge in [-0.25, -0.2) is 10.4 Å². The van der Waals surface area contributed by atoms with E-state index < -0.39 is 4.92 Å². The van der Waals surface area contributed by atoms with Crippen LogP contribution in [0.5, 0.6) is 5.75 Å². The number of hydrazone groups is 1. The highest BCUT2D eigenvalue weighted by Gasteiger charge is 2.04. The zero-order chi connectivity index (χ0) is 20.1. The van der Waals surface area contributed by atoms with Gasteiger partial charge >= 0.3 is 0 Å². The minimum absolute atomic E-state index is 0. The van der Waals surface area contributed by atoms with Crippen molar-refractivity contribution in [1.29, 1.82) is 0 Å². The predicted octanol–water partition coefficient (Wildman–Crippen LogP) is 4.92. The van der Waals surface area contributed by atoms with Gasteiger partial charge in [0.25, 0.3) is 5.69 Å². The number of aromatic nitrogens is 2. The van der Waals surface area contributed by atoms with Gasteiger partial charge in [0.15, 0.2) is 0 Å². The average Bonchev–Trinajstić information content (AvgIpc) is 3.16. The number of nitrogens with zero attached hydrogens (tertiary/aromatic N) is 3. The van der Waals surface area contributed by atoms with Crippen LogP contribution in [-0.4, -0.2) is 21.1 Å². The van der Waals surface area contributed by atoms with Crippen LogP contribution in [0.3, 0.4) is 0 Å². The Balaban J connectivity index is 0.00000256. The van der Waals surface area contributed by atoms with Gasteiger partial charge in [-0.05, 0) is 47.5 Å². The Morgan fingerprint density at radius 3 is 2.67 bits per heavy atom. The Morgan fingerprint density at radius 1 is 1.10 bits per heavy atom.